The first-order valence-corrected chi connectivity index (χ1v) is 9.48. The largest absolute Gasteiger partial charge is 0.350 e. The second-order valence-corrected chi connectivity index (χ2v) is 7.43. The van der Waals surface area contributed by atoms with Crippen molar-refractivity contribution in [2.24, 2.45) is 17.8 Å². The van der Waals surface area contributed by atoms with Gasteiger partial charge in [-0.3, -0.25) is 14.6 Å². The zero-order chi connectivity index (χ0) is 18.2. The molecule has 1 atom stereocenters. The molecule has 1 unspecified atom stereocenters. The predicted molar refractivity (Wildman–Crippen MR) is 98.6 cm³/mol. The molecule has 2 rings (SSSR count). The Balaban J connectivity index is 1.87. The van der Waals surface area contributed by atoms with Crippen molar-refractivity contribution in [1.29, 1.82) is 0 Å². The molecule has 5 nitrogen and oxygen atoms in total. The number of hydrogen-bond acceptors (Lipinski definition) is 3. The number of carbonyl (C=O) groups excluding carboxylic acids is 2. The van der Waals surface area contributed by atoms with Crippen molar-refractivity contribution < 1.29 is 9.59 Å². The Labute approximate surface area is 151 Å². The van der Waals surface area contributed by atoms with Gasteiger partial charge in [0.15, 0.2) is 0 Å². The van der Waals surface area contributed by atoms with Gasteiger partial charge >= 0.3 is 0 Å². The number of pyridine rings is 1. The molecule has 0 aliphatic heterocycles. The number of amides is 2. The van der Waals surface area contributed by atoms with Crippen molar-refractivity contribution in [2.45, 2.75) is 65.5 Å². The van der Waals surface area contributed by atoms with E-state index in [2.05, 4.69) is 22.5 Å². The minimum Gasteiger partial charge on any atom is -0.350 e. The van der Waals surface area contributed by atoms with Gasteiger partial charge in [0.1, 0.15) is 6.04 Å². The monoisotopic (exact) mass is 345 g/mol. The Morgan fingerprint density at radius 3 is 2.36 bits per heavy atom. The molecule has 2 amide bonds. The summed E-state index contributed by atoms with van der Waals surface area (Å²) < 4.78 is 0. The molecule has 0 spiro atoms. The molecule has 25 heavy (non-hydrogen) atoms. The first-order valence-electron chi connectivity index (χ1n) is 9.48. The molecule has 1 aliphatic rings. The lowest BCUT2D eigenvalue weighted by atomic mass is 9.80. The van der Waals surface area contributed by atoms with Gasteiger partial charge in [0.05, 0.1) is 0 Å². The highest BCUT2D eigenvalue weighted by molar-refractivity contribution is 5.88. The number of carbonyl (C=O) groups is 2. The van der Waals surface area contributed by atoms with Crippen LogP contribution in [0.25, 0.3) is 0 Å². The van der Waals surface area contributed by atoms with Crippen molar-refractivity contribution in [3.63, 3.8) is 0 Å². The molecule has 138 valence electrons. The first kappa shape index (κ1) is 19.4. The highest BCUT2D eigenvalue weighted by Gasteiger charge is 2.30. The van der Waals surface area contributed by atoms with Crippen molar-refractivity contribution >= 4 is 11.8 Å². The van der Waals surface area contributed by atoms with E-state index in [-0.39, 0.29) is 23.7 Å². The molecule has 1 aliphatic carbocycles. The maximum absolute atomic E-state index is 12.6. The SMILES string of the molecule is CCC1CCC(C(=O)NC(C(=O)NCc2ccncc2)C(C)C)CC1. The van der Waals surface area contributed by atoms with Crippen LogP contribution in [0.5, 0.6) is 0 Å². The van der Waals surface area contributed by atoms with Crippen LogP contribution in [0.4, 0.5) is 0 Å². The lowest BCUT2D eigenvalue weighted by Gasteiger charge is -2.29. The van der Waals surface area contributed by atoms with E-state index in [9.17, 15) is 9.59 Å². The lowest BCUT2D eigenvalue weighted by Crippen LogP contribution is -2.51. The molecular weight excluding hydrogens is 314 g/mol. The van der Waals surface area contributed by atoms with Gasteiger partial charge in [-0.15, -0.1) is 0 Å². The summed E-state index contributed by atoms with van der Waals surface area (Å²) in [5.41, 5.74) is 0.995. The third-order valence-electron chi connectivity index (χ3n) is 5.26. The summed E-state index contributed by atoms with van der Waals surface area (Å²) in [6.07, 6.45) is 8.72. The van der Waals surface area contributed by atoms with Crippen LogP contribution in [-0.4, -0.2) is 22.8 Å². The quantitative estimate of drug-likeness (QED) is 0.798. The zero-order valence-corrected chi connectivity index (χ0v) is 15.6. The minimum absolute atomic E-state index is 0.0346. The van der Waals surface area contributed by atoms with Gasteiger partial charge in [-0.1, -0.05) is 27.2 Å². The summed E-state index contributed by atoms with van der Waals surface area (Å²) in [6.45, 7) is 6.59. The van der Waals surface area contributed by atoms with E-state index in [0.717, 1.165) is 37.2 Å². The van der Waals surface area contributed by atoms with Gasteiger partial charge in [0.25, 0.3) is 0 Å². The van der Waals surface area contributed by atoms with Crippen LogP contribution in [0.2, 0.25) is 0 Å². The van der Waals surface area contributed by atoms with Gasteiger partial charge < -0.3 is 10.6 Å². The highest BCUT2D eigenvalue weighted by Crippen LogP contribution is 2.30. The van der Waals surface area contributed by atoms with E-state index in [1.54, 1.807) is 12.4 Å². The smallest absolute Gasteiger partial charge is 0.243 e. The fourth-order valence-electron chi connectivity index (χ4n) is 3.44. The molecule has 2 N–H and O–H groups in total. The molecule has 0 saturated heterocycles. The average Bonchev–Trinajstić information content (AvgIpc) is 2.64. The normalized spacial score (nSPS) is 21.6. The van der Waals surface area contributed by atoms with Gasteiger partial charge in [-0.25, -0.2) is 0 Å². The summed E-state index contributed by atoms with van der Waals surface area (Å²) in [5, 5.41) is 5.92. The molecule has 5 heteroatoms. The van der Waals surface area contributed by atoms with E-state index in [1.807, 2.05) is 26.0 Å². The number of nitrogens with zero attached hydrogens (tertiary/aromatic N) is 1. The molecule has 1 fully saturated rings. The molecular formula is C20H31N3O2. The summed E-state index contributed by atoms with van der Waals surface area (Å²) >= 11 is 0. The molecule has 0 bridgehead atoms. The second kappa shape index (κ2) is 9.54. The summed E-state index contributed by atoms with van der Waals surface area (Å²) in [5.74, 6) is 0.772. The Morgan fingerprint density at radius 2 is 1.80 bits per heavy atom. The molecule has 0 aromatic carbocycles. The first-order chi connectivity index (χ1) is 12.0. The van der Waals surface area contributed by atoms with Crippen molar-refractivity contribution in [2.75, 3.05) is 0 Å². The summed E-state index contributed by atoms with van der Waals surface area (Å²) in [7, 11) is 0. The number of hydrogen-bond donors (Lipinski definition) is 2. The van der Waals surface area contributed by atoms with E-state index in [1.165, 1.54) is 6.42 Å². The van der Waals surface area contributed by atoms with E-state index in [0.29, 0.717) is 6.54 Å². The van der Waals surface area contributed by atoms with Crippen molar-refractivity contribution in [3.05, 3.63) is 30.1 Å². The third-order valence-corrected chi connectivity index (χ3v) is 5.26. The lowest BCUT2D eigenvalue weighted by molar-refractivity contribution is -0.133. The molecule has 1 aromatic heterocycles. The van der Waals surface area contributed by atoms with E-state index in [4.69, 9.17) is 0 Å². The minimum atomic E-state index is -0.488. The van der Waals surface area contributed by atoms with Crippen LogP contribution in [0, 0.1) is 17.8 Å². The van der Waals surface area contributed by atoms with Crippen molar-refractivity contribution in [3.8, 4) is 0 Å². The van der Waals surface area contributed by atoms with Crippen molar-refractivity contribution in [1.82, 2.24) is 15.6 Å². The maximum atomic E-state index is 12.6. The van der Waals surface area contributed by atoms with Crippen LogP contribution in [0.3, 0.4) is 0 Å². The fraction of sp³-hybridized carbons (Fsp3) is 0.650. The third kappa shape index (κ3) is 5.83. The molecule has 1 heterocycles. The highest BCUT2D eigenvalue weighted by atomic mass is 16.2. The summed E-state index contributed by atoms with van der Waals surface area (Å²) in [6, 6.07) is 3.25. The van der Waals surface area contributed by atoms with Crippen LogP contribution in [0.1, 0.15) is 58.4 Å². The standard InChI is InChI=1S/C20H31N3O2/c1-4-15-5-7-17(8-6-15)19(24)23-18(14(2)3)20(25)22-13-16-9-11-21-12-10-16/h9-12,14-15,17-18H,4-8,13H2,1-3H3,(H,22,25)(H,23,24). The maximum Gasteiger partial charge on any atom is 0.243 e. The summed E-state index contributed by atoms with van der Waals surface area (Å²) in [4.78, 5) is 29.1. The average molecular weight is 345 g/mol. The Morgan fingerprint density at radius 1 is 1.16 bits per heavy atom. The fourth-order valence-corrected chi connectivity index (χ4v) is 3.44. The Kier molecular flexibility index (Phi) is 7.41. The number of aromatic nitrogens is 1. The Bertz CT molecular complexity index is 551. The molecule has 0 radical (unpaired) electrons. The zero-order valence-electron chi connectivity index (χ0n) is 15.6. The molecule has 1 saturated carbocycles. The van der Waals surface area contributed by atoms with Crippen LogP contribution in [-0.2, 0) is 16.1 Å². The second-order valence-electron chi connectivity index (χ2n) is 7.43. The number of nitrogens with one attached hydrogen (secondary N) is 2. The van der Waals surface area contributed by atoms with Gasteiger partial charge in [0.2, 0.25) is 11.8 Å². The van der Waals surface area contributed by atoms with Crippen LogP contribution >= 0.6 is 0 Å². The van der Waals surface area contributed by atoms with Crippen LogP contribution < -0.4 is 10.6 Å². The number of rotatable bonds is 7. The predicted octanol–water partition coefficient (Wildman–Crippen LogP) is 3.06. The molecule has 1 aromatic rings. The topological polar surface area (TPSA) is 71.1 Å². The van der Waals surface area contributed by atoms with Gasteiger partial charge in [0, 0.05) is 24.9 Å². The van der Waals surface area contributed by atoms with Gasteiger partial charge in [-0.05, 0) is 55.2 Å². The van der Waals surface area contributed by atoms with Crippen LogP contribution in [0.15, 0.2) is 24.5 Å². The van der Waals surface area contributed by atoms with Gasteiger partial charge in [-0.2, -0.15) is 0 Å². The van der Waals surface area contributed by atoms with E-state index >= 15 is 0 Å². The van der Waals surface area contributed by atoms with E-state index < -0.39 is 6.04 Å². The Hall–Kier alpha value is -1.91.